The van der Waals surface area contributed by atoms with Crippen LogP contribution in [-0.2, 0) is 0 Å². The summed E-state index contributed by atoms with van der Waals surface area (Å²) < 4.78 is 0. The monoisotopic (exact) mass is 309 g/mol. The molecule has 1 N–H and O–H groups in total. The summed E-state index contributed by atoms with van der Waals surface area (Å²) in [7, 11) is 3.73. The first-order valence-electron chi connectivity index (χ1n) is 5.86. The highest BCUT2D eigenvalue weighted by Gasteiger charge is 2.13. The van der Waals surface area contributed by atoms with Crippen LogP contribution in [0.15, 0.2) is 36.7 Å². The fourth-order valence-corrected chi connectivity index (χ4v) is 2.30. The molecule has 0 fully saturated rings. The quantitative estimate of drug-likeness (QED) is 0.940. The maximum absolute atomic E-state index is 12.3. The van der Waals surface area contributed by atoms with Crippen LogP contribution < -0.4 is 10.2 Å². The van der Waals surface area contributed by atoms with E-state index in [-0.39, 0.29) is 5.91 Å². The largest absolute Gasteiger partial charge is 0.377 e. The summed E-state index contributed by atoms with van der Waals surface area (Å²) in [5.41, 5.74) is 1.81. The number of nitrogens with one attached hydrogen (secondary N) is 1. The minimum atomic E-state index is -0.264. The van der Waals surface area contributed by atoms with Gasteiger partial charge in [0.2, 0.25) is 0 Å². The second-order valence-corrected chi connectivity index (χ2v) is 5.27. The van der Waals surface area contributed by atoms with Crippen LogP contribution in [0.2, 0.25) is 10.0 Å². The minimum absolute atomic E-state index is 0.264. The van der Waals surface area contributed by atoms with Crippen LogP contribution in [0.4, 0.5) is 11.4 Å². The van der Waals surface area contributed by atoms with Gasteiger partial charge in [0, 0.05) is 42.2 Å². The molecule has 0 bridgehead atoms. The number of hydrogen-bond donors (Lipinski definition) is 1. The Morgan fingerprint density at radius 1 is 1.20 bits per heavy atom. The van der Waals surface area contributed by atoms with E-state index in [0.717, 1.165) is 5.69 Å². The summed E-state index contributed by atoms with van der Waals surface area (Å²) >= 11 is 11.8. The number of aromatic nitrogens is 1. The number of halogens is 2. The van der Waals surface area contributed by atoms with Crippen LogP contribution in [-0.4, -0.2) is 25.0 Å². The summed E-state index contributed by atoms with van der Waals surface area (Å²) in [6.07, 6.45) is 3.17. The van der Waals surface area contributed by atoms with Gasteiger partial charge in [-0.1, -0.05) is 23.2 Å². The number of rotatable bonds is 3. The third-order valence-electron chi connectivity index (χ3n) is 2.64. The van der Waals surface area contributed by atoms with Crippen molar-refractivity contribution in [3.05, 3.63) is 52.3 Å². The molecule has 1 amide bonds. The molecule has 0 unspecified atom stereocenters. The molecule has 2 rings (SSSR count). The van der Waals surface area contributed by atoms with Gasteiger partial charge in [-0.3, -0.25) is 9.78 Å². The Hall–Kier alpha value is -1.78. The number of amides is 1. The van der Waals surface area contributed by atoms with Gasteiger partial charge in [0.1, 0.15) is 0 Å². The molecule has 0 aliphatic rings. The third kappa shape index (κ3) is 3.40. The van der Waals surface area contributed by atoms with E-state index in [0.29, 0.717) is 21.3 Å². The molecule has 104 valence electrons. The van der Waals surface area contributed by atoms with Crippen LogP contribution >= 0.6 is 23.2 Å². The molecule has 0 atom stereocenters. The van der Waals surface area contributed by atoms with E-state index >= 15 is 0 Å². The molecular weight excluding hydrogens is 297 g/mol. The van der Waals surface area contributed by atoms with Crippen LogP contribution in [0.5, 0.6) is 0 Å². The van der Waals surface area contributed by atoms with Crippen molar-refractivity contribution in [1.29, 1.82) is 0 Å². The van der Waals surface area contributed by atoms with Gasteiger partial charge < -0.3 is 10.2 Å². The lowest BCUT2D eigenvalue weighted by atomic mass is 10.2. The molecule has 1 heterocycles. The van der Waals surface area contributed by atoms with Crippen molar-refractivity contribution >= 4 is 40.5 Å². The molecule has 0 saturated carbocycles. The average molecular weight is 310 g/mol. The van der Waals surface area contributed by atoms with Gasteiger partial charge in [-0.05, 0) is 24.3 Å². The maximum Gasteiger partial charge on any atom is 0.259 e. The minimum Gasteiger partial charge on any atom is -0.377 e. The second-order valence-electron chi connectivity index (χ2n) is 4.40. The number of carbonyl (C=O) groups is 1. The highest BCUT2D eigenvalue weighted by Crippen LogP contribution is 2.24. The van der Waals surface area contributed by atoms with Crippen LogP contribution in [0.3, 0.4) is 0 Å². The molecule has 0 spiro atoms. The van der Waals surface area contributed by atoms with Gasteiger partial charge >= 0.3 is 0 Å². The van der Waals surface area contributed by atoms with E-state index in [9.17, 15) is 4.79 Å². The van der Waals surface area contributed by atoms with Crippen LogP contribution in [0.1, 0.15) is 10.4 Å². The number of carbonyl (C=O) groups excluding carboxylic acids is 1. The third-order valence-corrected chi connectivity index (χ3v) is 3.08. The van der Waals surface area contributed by atoms with Crippen molar-refractivity contribution in [2.45, 2.75) is 0 Å². The summed E-state index contributed by atoms with van der Waals surface area (Å²) in [5.74, 6) is -0.264. The topological polar surface area (TPSA) is 45.2 Å². The van der Waals surface area contributed by atoms with E-state index in [2.05, 4.69) is 10.3 Å². The lowest BCUT2D eigenvalue weighted by Gasteiger charge is -2.16. The Balaban J connectivity index is 2.28. The molecule has 0 aliphatic carbocycles. The van der Waals surface area contributed by atoms with Crippen molar-refractivity contribution in [3.8, 4) is 0 Å². The Morgan fingerprint density at radius 3 is 2.45 bits per heavy atom. The van der Waals surface area contributed by atoms with Crippen molar-refractivity contribution in [2.24, 2.45) is 0 Å². The molecule has 4 nitrogen and oxygen atoms in total. The first-order valence-corrected chi connectivity index (χ1v) is 6.62. The van der Waals surface area contributed by atoms with Crippen molar-refractivity contribution in [1.82, 2.24) is 4.98 Å². The zero-order chi connectivity index (χ0) is 14.7. The van der Waals surface area contributed by atoms with E-state index in [1.807, 2.05) is 19.0 Å². The smallest absolute Gasteiger partial charge is 0.259 e. The van der Waals surface area contributed by atoms with E-state index < -0.39 is 0 Å². The fraction of sp³-hybridized carbons (Fsp3) is 0.143. The van der Waals surface area contributed by atoms with Gasteiger partial charge in [0.15, 0.2) is 0 Å². The summed E-state index contributed by atoms with van der Waals surface area (Å²) in [4.78, 5) is 18.1. The van der Waals surface area contributed by atoms with Crippen molar-refractivity contribution < 1.29 is 4.79 Å². The van der Waals surface area contributed by atoms with Crippen molar-refractivity contribution in [2.75, 3.05) is 24.3 Å². The lowest BCUT2D eigenvalue weighted by molar-refractivity contribution is 0.102. The first-order chi connectivity index (χ1) is 9.47. The highest BCUT2D eigenvalue weighted by molar-refractivity contribution is 6.35. The second kappa shape index (κ2) is 6.11. The van der Waals surface area contributed by atoms with Gasteiger partial charge in [0.25, 0.3) is 5.91 Å². The first kappa shape index (κ1) is 14.6. The molecule has 1 aromatic carbocycles. The number of hydrogen-bond acceptors (Lipinski definition) is 3. The SMILES string of the molecule is CN(C)c1ccncc1C(=O)Nc1cc(Cl)cc(Cl)c1. The lowest BCUT2D eigenvalue weighted by Crippen LogP contribution is -2.18. The molecule has 6 heteroatoms. The number of pyridine rings is 1. The van der Waals surface area contributed by atoms with Gasteiger partial charge in [-0.25, -0.2) is 0 Å². The molecule has 0 aliphatic heterocycles. The van der Waals surface area contributed by atoms with Gasteiger partial charge in [-0.15, -0.1) is 0 Å². The van der Waals surface area contributed by atoms with E-state index in [1.54, 1.807) is 30.5 Å². The Morgan fingerprint density at radius 2 is 1.85 bits per heavy atom. The zero-order valence-electron chi connectivity index (χ0n) is 11.0. The Kier molecular flexibility index (Phi) is 4.47. The van der Waals surface area contributed by atoms with Gasteiger partial charge in [0.05, 0.1) is 11.3 Å². The number of nitrogens with zero attached hydrogens (tertiary/aromatic N) is 2. The Labute approximate surface area is 127 Å². The van der Waals surface area contributed by atoms with E-state index in [4.69, 9.17) is 23.2 Å². The van der Waals surface area contributed by atoms with Crippen molar-refractivity contribution in [3.63, 3.8) is 0 Å². The summed E-state index contributed by atoms with van der Waals surface area (Å²) in [5, 5.41) is 3.69. The molecular formula is C14H13Cl2N3O. The highest BCUT2D eigenvalue weighted by atomic mass is 35.5. The molecule has 1 aromatic heterocycles. The maximum atomic E-state index is 12.3. The molecule has 20 heavy (non-hydrogen) atoms. The molecule has 0 radical (unpaired) electrons. The van der Waals surface area contributed by atoms with Gasteiger partial charge in [-0.2, -0.15) is 0 Å². The number of anilines is 2. The predicted octanol–water partition coefficient (Wildman–Crippen LogP) is 3.71. The van der Waals surface area contributed by atoms with Crippen LogP contribution in [0, 0.1) is 0 Å². The standard InChI is InChI=1S/C14H13Cl2N3O/c1-19(2)13-3-4-17-8-12(13)14(20)18-11-6-9(15)5-10(16)7-11/h3-8H,1-2H3,(H,18,20). The molecule has 2 aromatic rings. The average Bonchev–Trinajstić information content (AvgIpc) is 2.37. The summed E-state index contributed by atoms with van der Waals surface area (Å²) in [6, 6.07) is 6.65. The predicted molar refractivity (Wildman–Crippen MR) is 83.0 cm³/mol. The van der Waals surface area contributed by atoms with E-state index in [1.165, 1.54) is 6.20 Å². The fourth-order valence-electron chi connectivity index (χ4n) is 1.78. The number of benzene rings is 1. The summed E-state index contributed by atoms with van der Waals surface area (Å²) in [6.45, 7) is 0. The van der Waals surface area contributed by atoms with Crippen LogP contribution in [0.25, 0.3) is 0 Å². The zero-order valence-corrected chi connectivity index (χ0v) is 12.5. The molecule has 0 saturated heterocycles. The Bertz CT molecular complexity index is 624. The normalized spacial score (nSPS) is 10.2.